The highest BCUT2D eigenvalue weighted by molar-refractivity contribution is 7.91. The molecule has 2 saturated carbocycles. The van der Waals surface area contributed by atoms with Crippen LogP contribution in [-0.2, 0) is 24.4 Å². The quantitative estimate of drug-likeness (QED) is 0.0635. The largest absolute Gasteiger partial charge is 0.496 e. The highest BCUT2D eigenvalue weighted by Gasteiger charge is 2.52. The first-order valence-electron chi connectivity index (χ1n) is 21.0. The Morgan fingerprint density at radius 2 is 1.82 bits per heavy atom. The molecule has 0 radical (unpaired) electrons. The Bertz CT molecular complexity index is 2420. The monoisotopic (exact) mass is 874 g/mol. The Balaban J connectivity index is 1.01. The third-order valence-electron chi connectivity index (χ3n) is 12.1. The molecule has 3 amide bonds. The van der Waals surface area contributed by atoms with Gasteiger partial charge in [0.2, 0.25) is 27.7 Å². The van der Waals surface area contributed by atoms with Gasteiger partial charge in [0.05, 0.1) is 29.6 Å². The van der Waals surface area contributed by atoms with Gasteiger partial charge in [0.1, 0.15) is 46.2 Å². The summed E-state index contributed by atoms with van der Waals surface area (Å²) in [7, 11) is -2.03. The summed E-state index contributed by atoms with van der Waals surface area (Å²) in [5, 5.41) is 6.81. The number of primary amides is 1. The van der Waals surface area contributed by atoms with Gasteiger partial charge in [-0.15, -0.1) is 11.3 Å². The van der Waals surface area contributed by atoms with Crippen molar-refractivity contribution in [2.75, 3.05) is 19.0 Å². The predicted octanol–water partition coefficient (Wildman–Crippen LogP) is 7.39. The van der Waals surface area contributed by atoms with E-state index in [1.54, 1.807) is 26.2 Å². The van der Waals surface area contributed by atoms with E-state index in [1.807, 2.05) is 42.7 Å². The van der Waals surface area contributed by atoms with Crippen LogP contribution in [0.3, 0.4) is 0 Å². The predicted molar refractivity (Wildman–Crippen MR) is 234 cm³/mol. The van der Waals surface area contributed by atoms with Gasteiger partial charge in [-0.05, 0) is 101 Å². The van der Waals surface area contributed by atoms with E-state index >= 15 is 0 Å². The molecule has 1 aliphatic heterocycles. The fourth-order valence-electron chi connectivity index (χ4n) is 7.82. The number of anilines is 1. The van der Waals surface area contributed by atoms with Crippen molar-refractivity contribution in [3.05, 3.63) is 77.1 Å². The number of thiazole rings is 1. The van der Waals surface area contributed by atoms with Crippen molar-refractivity contribution in [2.45, 2.75) is 114 Å². The number of sulfonamides is 1. The molecule has 16 heteroatoms. The second kappa shape index (κ2) is 18.1. The Morgan fingerprint density at radius 1 is 1.07 bits per heavy atom. The number of hydrogen-bond acceptors (Lipinski definition) is 11. The van der Waals surface area contributed by atoms with E-state index in [1.165, 1.54) is 28.4 Å². The number of aromatic nitrogens is 2. The molecule has 2 aromatic heterocycles. The van der Waals surface area contributed by atoms with Crippen molar-refractivity contribution < 1.29 is 36.7 Å². The van der Waals surface area contributed by atoms with Crippen LogP contribution >= 0.6 is 11.3 Å². The molecule has 13 nitrogen and oxygen atoms in total. The van der Waals surface area contributed by atoms with Gasteiger partial charge in [0.15, 0.2) is 0 Å². The van der Waals surface area contributed by atoms with E-state index < -0.39 is 50.6 Å². The highest BCUT2D eigenvalue weighted by Crippen LogP contribution is 2.44. The van der Waals surface area contributed by atoms with Crippen LogP contribution in [0.4, 0.5) is 10.1 Å². The van der Waals surface area contributed by atoms with Crippen LogP contribution < -0.4 is 25.2 Å². The summed E-state index contributed by atoms with van der Waals surface area (Å²) in [4.78, 5) is 51.3. The summed E-state index contributed by atoms with van der Waals surface area (Å²) in [6.07, 6.45) is 8.94. The van der Waals surface area contributed by atoms with E-state index in [9.17, 15) is 27.2 Å². The number of nitrogens with one attached hydrogen (secondary N) is 2. The van der Waals surface area contributed by atoms with Crippen LogP contribution in [0.5, 0.6) is 11.5 Å². The van der Waals surface area contributed by atoms with Crippen molar-refractivity contribution in [2.24, 2.45) is 17.6 Å². The van der Waals surface area contributed by atoms with Crippen LogP contribution in [0.15, 0.2) is 60.0 Å². The molecule has 3 fully saturated rings. The van der Waals surface area contributed by atoms with E-state index in [4.69, 9.17) is 25.2 Å². The lowest BCUT2D eigenvalue weighted by atomic mass is 10.0. The van der Waals surface area contributed by atoms with E-state index in [0.717, 1.165) is 40.9 Å². The van der Waals surface area contributed by atoms with Gasteiger partial charge in [0.25, 0.3) is 0 Å². The minimum atomic E-state index is -3.65. The van der Waals surface area contributed by atoms with Crippen molar-refractivity contribution in [1.82, 2.24) is 19.6 Å². The molecule has 326 valence electrons. The third-order valence-corrected chi connectivity index (χ3v) is 15.2. The maximum Gasteiger partial charge on any atom is 0.245 e. The van der Waals surface area contributed by atoms with Crippen LogP contribution in [0.25, 0.3) is 21.6 Å². The molecule has 0 bridgehead atoms. The Hall–Kier alpha value is -5.09. The van der Waals surface area contributed by atoms with Crippen LogP contribution in [0, 0.1) is 24.6 Å². The van der Waals surface area contributed by atoms with Crippen molar-refractivity contribution in [1.29, 1.82) is 0 Å². The van der Waals surface area contributed by atoms with Gasteiger partial charge in [-0.2, -0.15) is 0 Å². The average molecular weight is 875 g/mol. The molecule has 0 spiro atoms. The fourth-order valence-corrected chi connectivity index (χ4v) is 10.1. The number of halogens is 1. The molecule has 61 heavy (non-hydrogen) atoms. The third kappa shape index (κ3) is 10.0. The lowest BCUT2D eigenvalue weighted by molar-refractivity contribution is -0.138. The molecule has 1 saturated heterocycles. The molecule has 3 aliphatic rings. The van der Waals surface area contributed by atoms with E-state index in [2.05, 4.69) is 23.9 Å². The number of unbranched alkanes of at least 4 members (excludes halogenated alkanes) is 3. The lowest BCUT2D eigenvalue weighted by Crippen LogP contribution is -2.49. The number of ether oxygens (including phenoxy) is 2. The minimum Gasteiger partial charge on any atom is -0.496 e. The minimum absolute atomic E-state index is 0.0264. The SMILES string of the molecule is COc1ccc2c(OC3C[C@@H](C(N)=O)N(C(=O)[C@H](CCCCC/C=C\[C@@H]4C[C@@H]4C(=O)NS(=O)(=O)C4(C)CC4)Nc4ccc(F)cc4)C3)cc(-c3nc(C(C)C)cs3)nc2c1C. The molecule has 2 aromatic carbocycles. The number of pyridine rings is 1. The Morgan fingerprint density at radius 3 is 2.49 bits per heavy atom. The molecule has 4 N–H and O–H groups in total. The number of carbonyl (C=O) groups excluding carboxylic acids is 3. The second-order valence-electron chi connectivity index (χ2n) is 17.1. The molecular formula is C45H55FN6O7S2. The summed E-state index contributed by atoms with van der Waals surface area (Å²) in [6, 6.07) is 9.76. The Kier molecular flexibility index (Phi) is 13.0. The number of nitrogens with two attached hydrogens (primary N) is 1. The van der Waals surface area contributed by atoms with Crippen LogP contribution in [0.2, 0.25) is 0 Å². The van der Waals surface area contributed by atoms with Gasteiger partial charge in [-0.3, -0.25) is 19.1 Å². The molecule has 2 aliphatic carbocycles. The number of allylic oxidation sites excluding steroid dienone is 2. The standard InChI is InChI=1S/C45H55FN6O7S2/c1-26(2)36-25-60-43(50-36)35-23-39(32-17-18-38(58-5)27(3)40(32)49-35)59-31-22-37(41(47)53)52(24-31)44(55)34(48-30-15-13-29(46)14-16-30)12-10-8-6-7-9-11-28-21-33(28)42(54)51-61(56,57)45(4)19-20-45/h9,11,13-18,23,25-26,28,31,33-34,37,48H,6-8,10,12,19-22,24H2,1-5H3,(H2,47,53)(H,51,54)/b11-9-/t28-,31?,33+,34+,37+/m1/s1. The van der Waals surface area contributed by atoms with E-state index in [-0.39, 0.29) is 36.6 Å². The smallest absolute Gasteiger partial charge is 0.245 e. The molecule has 4 aromatic rings. The maximum absolute atomic E-state index is 14.4. The first-order chi connectivity index (χ1) is 29.1. The number of hydrogen-bond donors (Lipinski definition) is 3. The van der Waals surface area contributed by atoms with Gasteiger partial charge in [-0.1, -0.05) is 38.8 Å². The van der Waals surface area contributed by atoms with Crippen LogP contribution in [-0.4, -0.2) is 77.6 Å². The first-order valence-corrected chi connectivity index (χ1v) is 23.4. The van der Waals surface area contributed by atoms with Gasteiger partial charge in [0, 0.05) is 40.4 Å². The zero-order chi connectivity index (χ0) is 43.6. The summed E-state index contributed by atoms with van der Waals surface area (Å²) < 4.78 is 52.5. The number of carbonyl (C=O) groups is 3. The Labute approximate surface area is 360 Å². The van der Waals surface area contributed by atoms with Gasteiger partial charge in [-0.25, -0.2) is 22.8 Å². The summed E-state index contributed by atoms with van der Waals surface area (Å²) in [6.45, 7) is 7.89. The molecule has 1 unspecified atom stereocenters. The zero-order valence-electron chi connectivity index (χ0n) is 35.3. The first kappa shape index (κ1) is 44.0. The normalized spacial score (nSPS) is 21.1. The molecule has 7 rings (SSSR count). The van der Waals surface area contributed by atoms with E-state index in [0.29, 0.717) is 60.5 Å². The number of nitrogens with zero attached hydrogens (tertiary/aromatic N) is 3. The number of fused-ring (bicyclic) bond motifs is 1. The van der Waals surface area contributed by atoms with Crippen molar-refractivity contribution in [3.8, 4) is 22.2 Å². The number of amides is 3. The molecule has 3 heterocycles. The van der Waals surface area contributed by atoms with Crippen LogP contribution in [0.1, 0.15) is 95.7 Å². The average Bonchev–Trinajstić information content (AvgIpc) is 4.06. The second-order valence-corrected chi connectivity index (χ2v) is 20.2. The summed E-state index contributed by atoms with van der Waals surface area (Å²) in [5.74, 6) is -0.598. The topological polar surface area (TPSA) is 183 Å². The number of benzene rings is 2. The molecular weight excluding hydrogens is 820 g/mol. The number of likely N-dealkylation sites (tertiary alicyclic amines) is 1. The number of rotatable bonds is 19. The summed E-state index contributed by atoms with van der Waals surface area (Å²) in [5.41, 5.74) is 9.65. The maximum atomic E-state index is 14.4. The number of methoxy groups -OCH3 is 1. The fraction of sp³-hybridized carbons (Fsp3) is 0.489. The number of aryl methyl sites for hydroxylation is 1. The summed E-state index contributed by atoms with van der Waals surface area (Å²) >= 11 is 1.50. The van der Waals surface area contributed by atoms with Gasteiger partial charge >= 0.3 is 0 Å². The zero-order valence-corrected chi connectivity index (χ0v) is 36.9. The van der Waals surface area contributed by atoms with Gasteiger partial charge < -0.3 is 25.4 Å². The lowest BCUT2D eigenvalue weighted by Gasteiger charge is -2.28. The van der Waals surface area contributed by atoms with Crippen molar-refractivity contribution in [3.63, 3.8) is 0 Å². The molecule has 5 atom stereocenters. The highest BCUT2D eigenvalue weighted by atomic mass is 32.2. The van der Waals surface area contributed by atoms with Crippen molar-refractivity contribution >= 4 is 55.7 Å².